The highest BCUT2D eigenvalue weighted by molar-refractivity contribution is 6.02. The highest BCUT2D eigenvalue weighted by Crippen LogP contribution is 2.15. The zero-order chi connectivity index (χ0) is 26.1. The van der Waals surface area contributed by atoms with Crippen molar-refractivity contribution in [1.29, 1.82) is 0 Å². The van der Waals surface area contributed by atoms with Gasteiger partial charge in [0.25, 0.3) is 5.91 Å². The second-order valence-electron chi connectivity index (χ2n) is 10.8. The highest BCUT2D eigenvalue weighted by Gasteiger charge is 2.18. The predicted octanol–water partition coefficient (Wildman–Crippen LogP) is 6.94. The summed E-state index contributed by atoms with van der Waals surface area (Å²) >= 11 is 0. The van der Waals surface area contributed by atoms with Crippen LogP contribution in [0.3, 0.4) is 0 Å². The first-order valence-electron chi connectivity index (χ1n) is 13.8. The minimum atomic E-state index is -0.188. The van der Waals surface area contributed by atoms with Crippen molar-refractivity contribution in [3.63, 3.8) is 0 Å². The minimum Gasteiger partial charge on any atom is -0.333 e. The minimum absolute atomic E-state index is 0.0797. The van der Waals surface area contributed by atoms with Crippen LogP contribution in [0.25, 0.3) is 0 Å². The molecule has 0 fully saturated rings. The maximum Gasteiger partial charge on any atom is 0.250 e. The first kappa shape index (κ1) is 30.9. The molecule has 0 aromatic heterocycles. The van der Waals surface area contributed by atoms with E-state index in [4.69, 9.17) is 0 Å². The number of nitrogens with one attached hydrogen (secondary N) is 1. The number of likely N-dealkylation sites (N-methyl/N-ethyl adjacent to an activating group) is 1. The lowest BCUT2D eigenvalue weighted by molar-refractivity contribution is -0.890. The number of nitrogens with zero attached hydrogens (tertiary/aromatic N) is 2. The number of rotatable bonds is 19. The van der Waals surface area contributed by atoms with Gasteiger partial charge in [-0.15, -0.1) is 0 Å². The fraction of sp³-hybridized carbons (Fsp3) is 0.667. The molecule has 0 saturated carbocycles. The number of amides is 2. The lowest BCUT2D eigenvalue weighted by Crippen LogP contribution is -2.46. The van der Waals surface area contributed by atoms with Gasteiger partial charge in [-0.1, -0.05) is 83.4 Å². The molecule has 0 atom stereocenters. The van der Waals surface area contributed by atoms with E-state index in [0.29, 0.717) is 12.1 Å². The van der Waals surface area contributed by atoms with Gasteiger partial charge < -0.3 is 14.7 Å². The van der Waals surface area contributed by atoms with Gasteiger partial charge >= 0.3 is 0 Å². The third-order valence-electron chi connectivity index (χ3n) is 6.73. The second kappa shape index (κ2) is 17.3. The Bertz CT molecular complexity index is 773. The van der Waals surface area contributed by atoms with E-state index in [9.17, 15) is 9.59 Å². The van der Waals surface area contributed by atoms with Gasteiger partial charge in [0.1, 0.15) is 0 Å². The average Bonchev–Trinajstić information content (AvgIpc) is 2.80. The van der Waals surface area contributed by atoms with E-state index in [1.54, 1.807) is 13.8 Å². The van der Waals surface area contributed by atoms with Crippen molar-refractivity contribution in [2.24, 2.45) is 0 Å². The van der Waals surface area contributed by atoms with Crippen LogP contribution < -0.4 is 5.32 Å². The normalized spacial score (nSPS) is 11.3. The molecule has 1 rings (SSSR count). The standard InChI is InChI=1S/C30H51N3O2/c1-7-8-9-10-11-12-13-14-15-16-17-22-33(5,6)23-21-32(27(4)34)25-28-19-18-20-29(24-28)31-30(35)26(2)3/h18-20,24H,2,7-17,21-23,25H2,1,3-6H3/p+1. The van der Waals surface area contributed by atoms with Crippen LogP contribution in [0.15, 0.2) is 36.4 Å². The van der Waals surface area contributed by atoms with Crippen LogP contribution in [-0.2, 0) is 16.1 Å². The molecular weight excluding hydrogens is 434 g/mol. The summed E-state index contributed by atoms with van der Waals surface area (Å²) in [6, 6.07) is 7.70. The summed E-state index contributed by atoms with van der Waals surface area (Å²) in [4.78, 5) is 26.1. The molecule has 35 heavy (non-hydrogen) atoms. The van der Waals surface area contributed by atoms with E-state index in [1.165, 1.54) is 70.6 Å². The molecule has 0 unspecified atom stereocenters. The van der Waals surface area contributed by atoms with E-state index in [-0.39, 0.29) is 11.8 Å². The van der Waals surface area contributed by atoms with Crippen molar-refractivity contribution in [3.8, 4) is 0 Å². The van der Waals surface area contributed by atoms with Crippen molar-refractivity contribution in [2.75, 3.05) is 39.0 Å². The number of benzene rings is 1. The van der Waals surface area contributed by atoms with Crippen LogP contribution in [0.1, 0.15) is 97.0 Å². The molecule has 0 bridgehead atoms. The van der Waals surface area contributed by atoms with E-state index >= 15 is 0 Å². The zero-order valence-corrected chi connectivity index (χ0v) is 23.3. The zero-order valence-electron chi connectivity index (χ0n) is 23.3. The summed E-state index contributed by atoms with van der Waals surface area (Å²) in [5.41, 5.74) is 2.21. The smallest absolute Gasteiger partial charge is 0.250 e. The molecule has 1 aromatic rings. The number of unbranched alkanes of at least 4 members (excludes halogenated alkanes) is 10. The molecule has 0 aliphatic heterocycles. The lowest BCUT2D eigenvalue weighted by atomic mass is 10.1. The number of carbonyl (C=O) groups excluding carboxylic acids is 2. The Morgan fingerprint density at radius 1 is 0.886 bits per heavy atom. The third kappa shape index (κ3) is 14.8. The summed E-state index contributed by atoms with van der Waals surface area (Å²) < 4.78 is 0.927. The number of carbonyl (C=O) groups is 2. The SMILES string of the molecule is C=C(C)C(=O)Nc1cccc(CN(CC[N+](C)(C)CCCCCCCCCCCCC)C(C)=O)c1. The van der Waals surface area contributed by atoms with Gasteiger partial charge in [-0.05, 0) is 37.5 Å². The van der Waals surface area contributed by atoms with Crippen LogP contribution in [-0.4, -0.2) is 54.9 Å². The molecule has 5 heteroatoms. The predicted molar refractivity (Wildman–Crippen MR) is 149 cm³/mol. The van der Waals surface area contributed by atoms with Crippen molar-refractivity contribution < 1.29 is 14.1 Å². The van der Waals surface area contributed by atoms with Crippen molar-refractivity contribution in [2.45, 2.75) is 97.9 Å². The summed E-state index contributed by atoms with van der Waals surface area (Å²) in [6.07, 6.45) is 15.0. The van der Waals surface area contributed by atoms with Crippen molar-refractivity contribution >= 4 is 17.5 Å². The number of anilines is 1. The average molecular weight is 487 g/mol. The molecule has 0 aliphatic carbocycles. The molecule has 5 nitrogen and oxygen atoms in total. The Morgan fingerprint density at radius 3 is 2.00 bits per heavy atom. The summed E-state index contributed by atoms with van der Waals surface area (Å²) in [6.45, 7) is 12.6. The Balaban J connectivity index is 2.35. The van der Waals surface area contributed by atoms with Crippen LogP contribution in [0.4, 0.5) is 5.69 Å². The number of hydrogen-bond acceptors (Lipinski definition) is 2. The van der Waals surface area contributed by atoms with Crippen LogP contribution in [0.2, 0.25) is 0 Å². The maximum atomic E-state index is 12.3. The molecule has 0 radical (unpaired) electrons. The molecule has 0 saturated heterocycles. The van der Waals surface area contributed by atoms with Gasteiger partial charge in [-0.25, -0.2) is 0 Å². The quantitative estimate of drug-likeness (QED) is 0.131. The van der Waals surface area contributed by atoms with E-state index in [2.05, 4.69) is 32.9 Å². The monoisotopic (exact) mass is 486 g/mol. The van der Waals surface area contributed by atoms with Crippen LogP contribution in [0.5, 0.6) is 0 Å². The van der Waals surface area contributed by atoms with E-state index < -0.39 is 0 Å². The molecule has 2 amide bonds. The number of hydrogen-bond donors (Lipinski definition) is 1. The largest absolute Gasteiger partial charge is 0.333 e. The van der Waals surface area contributed by atoms with E-state index in [0.717, 1.165) is 35.4 Å². The Morgan fingerprint density at radius 2 is 1.46 bits per heavy atom. The van der Waals surface area contributed by atoms with Crippen LogP contribution >= 0.6 is 0 Å². The van der Waals surface area contributed by atoms with Crippen molar-refractivity contribution in [1.82, 2.24) is 4.90 Å². The molecule has 1 aromatic carbocycles. The first-order chi connectivity index (χ1) is 16.6. The molecular formula is C30H52N3O2+. The molecule has 198 valence electrons. The van der Waals surface area contributed by atoms with Gasteiger partial charge in [0.05, 0.1) is 33.7 Å². The Labute approximate surface area is 215 Å². The van der Waals surface area contributed by atoms with Crippen molar-refractivity contribution in [3.05, 3.63) is 42.0 Å². The fourth-order valence-corrected chi connectivity index (χ4v) is 4.26. The highest BCUT2D eigenvalue weighted by atomic mass is 16.2. The second-order valence-corrected chi connectivity index (χ2v) is 10.8. The summed E-state index contributed by atoms with van der Waals surface area (Å²) in [5.74, 6) is -0.108. The molecule has 0 heterocycles. The summed E-state index contributed by atoms with van der Waals surface area (Å²) in [5, 5.41) is 2.85. The molecule has 0 spiro atoms. The number of quaternary nitrogens is 1. The van der Waals surface area contributed by atoms with Gasteiger partial charge in [-0.3, -0.25) is 9.59 Å². The fourth-order valence-electron chi connectivity index (χ4n) is 4.26. The molecule has 0 aliphatic rings. The summed E-state index contributed by atoms with van der Waals surface area (Å²) in [7, 11) is 4.53. The topological polar surface area (TPSA) is 49.4 Å². The Hall–Kier alpha value is -2.14. The van der Waals surface area contributed by atoms with Gasteiger partial charge in [0, 0.05) is 24.7 Å². The van der Waals surface area contributed by atoms with Gasteiger partial charge in [0.2, 0.25) is 5.91 Å². The molecule has 1 N–H and O–H groups in total. The van der Waals surface area contributed by atoms with Crippen LogP contribution in [0, 0.1) is 0 Å². The lowest BCUT2D eigenvalue weighted by Gasteiger charge is -2.32. The van der Waals surface area contributed by atoms with E-state index in [1.807, 2.05) is 29.2 Å². The van der Waals surface area contributed by atoms with Gasteiger partial charge in [-0.2, -0.15) is 0 Å². The first-order valence-corrected chi connectivity index (χ1v) is 13.8. The maximum absolute atomic E-state index is 12.3. The Kier molecular flexibility index (Phi) is 15.3. The van der Waals surface area contributed by atoms with Gasteiger partial charge in [0.15, 0.2) is 0 Å². The third-order valence-corrected chi connectivity index (χ3v) is 6.73.